The zero-order valence-electron chi connectivity index (χ0n) is 11.3. The summed E-state index contributed by atoms with van der Waals surface area (Å²) in [6.07, 6.45) is 3.86. The number of ether oxygens (including phenoxy) is 2. The molecule has 1 heterocycles. The number of guanidine groups is 1. The Morgan fingerprint density at radius 3 is 3.17 bits per heavy atom. The summed E-state index contributed by atoms with van der Waals surface area (Å²) in [6, 6.07) is 0.520. The second-order valence-electron chi connectivity index (χ2n) is 5.00. The number of hydrazine groups is 1. The summed E-state index contributed by atoms with van der Waals surface area (Å²) >= 11 is 0. The molecule has 3 N–H and O–H groups in total. The molecule has 2 aliphatic rings. The molecule has 2 fully saturated rings. The lowest BCUT2D eigenvalue weighted by molar-refractivity contribution is -0.0307. The minimum atomic E-state index is 0.101. The Balaban J connectivity index is 2.06. The fourth-order valence-electron chi connectivity index (χ4n) is 2.87. The second-order valence-corrected chi connectivity index (χ2v) is 5.00. The molecule has 0 radical (unpaired) electrons. The Morgan fingerprint density at radius 1 is 1.61 bits per heavy atom. The molecule has 6 heteroatoms. The monoisotopic (exact) mass is 256 g/mol. The summed E-state index contributed by atoms with van der Waals surface area (Å²) in [5, 5.41) is 0. The Hall–Kier alpha value is -0.850. The highest BCUT2D eigenvalue weighted by Gasteiger charge is 2.37. The number of hydrogen-bond acceptors (Lipinski definition) is 4. The van der Waals surface area contributed by atoms with Crippen molar-refractivity contribution in [3.05, 3.63) is 0 Å². The molecule has 0 aromatic rings. The minimum Gasteiger partial charge on any atom is -0.382 e. The summed E-state index contributed by atoms with van der Waals surface area (Å²) in [4.78, 5) is 6.85. The molecular formula is C12H24N4O2. The average Bonchev–Trinajstić information content (AvgIpc) is 2.84. The molecule has 0 amide bonds. The number of nitrogens with two attached hydrogens (primary N) is 1. The maximum absolute atomic E-state index is 5.79. The van der Waals surface area contributed by atoms with Crippen LogP contribution in [0.2, 0.25) is 0 Å². The van der Waals surface area contributed by atoms with E-state index in [2.05, 4.69) is 15.3 Å². The predicted octanol–water partition coefficient (Wildman–Crippen LogP) is 0.0939. The summed E-state index contributed by atoms with van der Waals surface area (Å²) in [7, 11) is 1.68. The van der Waals surface area contributed by atoms with Crippen LogP contribution in [0.25, 0.3) is 0 Å². The van der Waals surface area contributed by atoms with E-state index in [4.69, 9.17) is 15.3 Å². The first kappa shape index (κ1) is 13.6. The third-order valence-electron chi connectivity index (χ3n) is 3.63. The lowest BCUT2D eigenvalue weighted by Gasteiger charge is -2.39. The first-order valence-corrected chi connectivity index (χ1v) is 6.68. The standard InChI is InChI=1S/C12H24N4O2/c1-9(8-17-2)14-12(15-13)16-6-7-18-11-5-3-4-10(11)16/h9-11H,3-8,13H2,1-2H3,(H,14,15). The topological polar surface area (TPSA) is 72.1 Å². The van der Waals surface area contributed by atoms with Crippen LogP contribution in [-0.4, -0.2) is 55.9 Å². The van der Waals surface area contributed by atoms with Crippen molar-refractivity contribution in [2.45, 2.75) is 44.4 Å². The largest absolute Gasteiger partial charge is 0.382 e. The number of fused-ring (bicyclic) bond motifs is 1. The van der Waals surface area contributed by atoms with Crippen LogP contribution in [0.4, 0.5) is 0 Å². The van der Waals surface area contributed by atoms with Gasteiger partial charge in [-0.2, -0.15) is 0 Å². The van der Waals surface area contributed by atoms with Crippen molar-refractivity contribution < 1.29 is 9.47 Å². The van der Waals surface area contributed by atoms with Gasteiger partial charge >= 0.3 is 0 Å². The number of methoxy groups -OCH3 is 1. The lowest BCUT2D eigenvalue weighted by atomic mass is 10.1. The zero-order chi connectivity index (χ0) is 13.0. The summed E-state index contributed by atoms with van der Waals surface area (Å²) in [5.74, 6) is 6.39. The predicted molar refractivity (Wildman–Crippen MR) is 70.2 cm³/mol. The Bertz CT molecular complexity index is 298. The molecule has 2 rings (SSSR count). The van der Waals surface area contributed by atoms with Gasteiger partial charge in [0, 0.05) is 13.7 Å². The van der Waals surface area contributed by atoms with Gasteiger partial charge in [0.05, 0.1) is 31.4 Å². The van der Waals surface area contributed by atoms with E-state index in [1.54, 1.807) is 7.11 Å². The summed E-state index contributed by atoms with van der Waals surface area (Å²) in [6.45, 7) is 4.22. The molecule has 1 aliphatic carbocycles. The van der Waals surface area contributed by atoms with Gasteiger partial charge in [-0.15, -0.1) is 0 Å². The van der Waals surface area contributed by atoms with Crippen LogP contribution >= 0.6 is 0 Å². The van der Waals surface area contributed by atoms with Crippen molar-refractivity contribution in [1.29, 1.82) is 0 Å². The second kappa shape index (κ2) is 6.36. The SMILES string of the molecule is COCC(C)N=C(NN)N1CCOC2CCCC21. The van der Waals surface area contributed by atoms with E-state index in [1.807, 2.05) is 6.92 Å². The van der Waals surface area contributed by atoms with Gasteiger partial charge in [0.1, 0.15) is 0 Å². The fourth-order valence-corrected chi connectivity index (χ4v) is 2.87. The quantitative estimate of drug-likeness (QED) is 0.324. The maximum atomic E-state index is 5.79. The highest BCUT2D eigenvalue weighted by Crippen LogP contribution is 2.29. The van der Waals surface area contributed by atoms with Crippen molar-refractivity contribution in [3.8, 4) is 0 Å². The maximum Gasteiger partial charge on any atom is 0.209 e. The van der Waals surface area contributed by atoms with Crippen molar-refractivity contribution in [1.82, 2.24) is 10.3 Å². The van der Waals surface area contributed by atoms with Crippen molar-refractivity contribution in [2.24, 2.45) is 10.8 Å². The van der Waals surface area contributed by atoms with E-state index >= 15 is 0 Å². The van der Waals surface area contributed by atoms with E-state index in [1.165, 1.54) is 6.42 Å². The molecule has 0 spiro atoms. The Labute approximate surface area is 108 Å². The van der Waals surface area contributed by atoms with Gasteiger partial charge in [-0.3, -0.25) is 5.43 Å². The molecule has 3 atom stereocenters. The van der Waals surface area contributed by atoms with Crippen LogP contribution in [-0.2, 0) is 9.47 Å². The third-order valence-corrected chi connectivity index (χ3v) is 3.63. The van der Waals surface area contributed by atoms with Gasteiger partial charge in [-0.25, -0.2) is 10.8 Å². The molecule has 0 bridgehead atoms. The number of rotatable bonds is 3. The smallest absolute Gasteiger partial charge is 0.209 e. The molecule has 1 saturated heterocycles. The normalized spacial score (nSPS) is 30.2. The van der Waals surface area contributed by atoms with Gasteiger partial charge in [0.2, 0.25) is 5.96 Å². The van der Waals surface area contributed by atoms with Gasteiger partial charge in [-0.1, -0.05) is 0 Å². The first-order chi connectivity index (χ1) is 8.76. The van der Waals surface area contributed by atoms with E-state index < -0.39 is 0 Å². The molecule has 18 heavy (non-hydrogen) atoms. The molecule has 3 unspecified atom stereocenters. The van der Waals surface area contributed by atoms with Crippen LogP contribution in [0.15, 0.2) is 4.99 Å². The van der Waals surface area contributed by atoms with Gasteiger partial charge in [0.15, 0.2) is 0 Å². The van der Waals surface area contributed by atoms with Gasteiger partial charge < -0.3 is 14.4 Å². The molecule has 1 aliphatic heterocycles. The van der Waals surface area contributed by atoms with Gasteiger partial charge in [-0.05, 0) is 26.2 Å². The number of nitrogens with zero attached hydrogens (tertiary/aromatic N) is 2. The van der Waals surface area contributed by atoms with Crippen molar-refractivity contribution >= 4 is 5.96 Å². The highest BCUT2D eigenvalue weighted by molar-refractivity contribution is 5.80. The fraction of sp³-hybridized carbons (Fsp3) is 0.917. The van der Waals surface area contributed by atoms with E-state index in [0.29, 0.717) is 18.8 Å². The van der Waals surface area contributed by atoms with E-state index in [0.717, 1.165) is 32.0 Å². The van der Waals surface area contributed by atoms with E-state index in [9.17, 15) is 0 Å². The number of morpholine rings is 1. The number of nitrogens with one attached hydrogen (secondary N) is 1. The summed E-state index contributed by atoms with van der Waals surface area (Å²) in [5.41, 5.74) is 2.74. The molecular weight excluding hydrogens is 232 g/mol. The third kappa shape index (κ3) is 2.93. The first-order valence-electron chi connectivity index (χ1n) is 6.68. The lowest BCUT2D eigenvalue weighted by Crippen LogP contribution is -2.56. The summed E-state index contributed by atoms with van der Waals surface area (Å²) < 4.78 is 10.9. The molecule has 0 aromatic carbocycles. The Morgan fingerprint density at radius 2 is 2.44 bits per heavy atom. The Kier molecular flexibility index (Phi) is 4.79. The van der Waals surface area contributed by atoms with Crippen molar-refractivity contribution in [3.63, 3.8) is 0 Å². The number of aliphatic imine (C=N–C) groups is 1. The molecule has 0 aromatic heterocycles. The van der Waals surface area contributed by atoms with E-state index in [-0.39, 0.29) is 6.04 Å². The zero-order valence-corrected chi connectivity index (χ0v) is 11.3. The van der Waals surface area contributed by atoms with Gasteiger partial charge in [0.25, 0.3) is 0 Å². The molecule has 6 nitrogen and oxygen atoms in total. The minimum absolute atomic E-state index is 0.101. The highest BCUT2D eigenvalue weighted by atomic mass is 16.5. The van der Waals surface area contributed by atoms with Crippen LogP contribution < -0.4 is 11.3 Å². The molecule has 1 saturated carbocycles. The van der Waals surface area contributed by atoms with Crippen LogP contribution in [0.3, 0.4) is 0 Å². The van der Waals surface area contributed by atoms with Crippen LogP contribution in [0.5, 0.6) is 0 Å². The van der Waals surface area contributed by atoms with Crippen molar-refractivity contribution in [2.75, 3.05) is 26.9 Å². The van der Waals surface area contributed by atoms with Crippen LogP contribution in [0, 0.1) is 0 Å². The number of hydrogen-bond donors (Lipinski definition) is 2. The average molecular weight is 256 g/mol. The molecule has 104 valence electrons. The van der Waals surface area contributed by atoms with Crippen LogP contribution in [0.1, 0.15) is 26.2 Å².